The molecule has 0 aliphatic heterocycles. The lowest BCUT2D eigenvalue weighted by molar-refractivity contribution is -0.167. The standard InChI is InChI=1S/C53H102O6/c1-4-7-10-13-16-19-21-23-24-25-26-27-28-29-30-32-34-37-40-43-46-52(55)58-49-50(48-57-51(54)45-42-39-36-33-18-15-12-9-6-3)59-53(56)47-44-41-38-35-31-22-20-17-14-11-8-5-2/h50H,4-49H2,1-3H3. The second-order valence-corrected chi connectivity index (χ2v) is 18.2. The minimum atomic E-state index is -0.759. The lowest BCUT2D eigenvalue weighted by Gasteiger charge is -2.18. The summed E-state index contributed by atoms with van der Waals surface area (Å²) in [6, 6.07) is 0. The molecule has 0 amide bonds. The second-order valence-electron chi connectivity index (χ2n) is 18.2. The van der Waals surface area contributed by atoms with E-state index in [4.69, 9.17) is 14.2 Å². The van der Waals surface area contributed by atoms with E-state index in [1.165, 1.54) is 205 Å². The van der Waals surface area contributed by atoms with Gasteiger partial charge in [0.25, 0.3) is 0 Å². The first-order chi connectivity index (χ1) is 29.0. The van der Waals surface area contributed by atoms with Crippen LogP contribution in [-0.4, -0.2) is 37.2 Å². The Kier molecular flexibility index (Phi) is 47.7. The van der Waals surface area contributed by atoms with Crippen LogP contribution >= 0.6 is 0 Å². The van der Waals surface area contributed by atoms with Crippen LogP contribution in [0.25, 0.3) is 0 Å². The van der Waals surface area contributed by atoms with Gasteiger partial charge in [-0.1, -0.05) is 265 Å². The summed E-state index contributed by atoms with van der Waals surface area (Å²) in [5.74, 6) is -0.844. The molecule has 1 atom stereocenters. The summed E-state index contributed by atoms with van der Waals surface area (Å²) < 4.78 is 16.8. The summed E-state index contributed by atoms with van der Waals surface area (Å²) in [5.41, 5.74) is 0. The van der Waals surface area contributed by atoms with E-state index in [1.807, 2.05) is 0 Å². The van der Waals surface area contributed by atoms with Crippen LogP contribution in [0.4, 0.5) is 0 Å². The van der Waals surface area contributed by atoms with Crippen molar-refractivity contribution in [2.24, 2.45) is 0 Å². The Labute approximate surface area is 368 Å². The third kappa shape index (κ3) is 47.3. The summed E-state index contributed by atoms with van der Waals surface area (Å²) in [6.07, 6.45) is 52.4. The lowest BCUT2D eigenvalue weighted by atomic mass is 10.0. The Morgan fingerprint density at radius 2 is 0.458 bits per heavy atom. The number of esters is 3. The van der Waals surface area contributed by atoms with Crippen LogP contribution < -0.4 is 0 Å². The Morgan fingerprint density at radius 1 is 0.271 bits per heavy atom. The molecule has 59 heavy (non-hydrogen) atoms. The van der Waals surface area contributed by atoms with E-state index < -0.39 is 6.10 Å². The van der Waals surface area contributed by atoms with E-state index in [9.17, 15) is 14.4 Å². The van der Waals surface area contributed by atoms with Crippen molar-refractivity contribution in [2.45, 2.75) is 309 Å². The van der Waals surface area contributed by atoms with Crippen LogP contribution in [0.15, 0.2) is 0 Å². The highest BCUT2D eigenvalue weighted by Gasteiger charge is 2.19. The van der Waals surface area contributed by atoms with Crippen LogP contribution in [0, 0.1) is 0 Å². The van der Waals surface area contributed by atoms with Crippen molar-refractivity contribution in [3.05, 3.63) is 0 Å². The summed E-state index contributed by atoms with van der Waals surface area (Å²) in [7, 11) is 0. The average Bonchev–Trinajstić information content (AvgIpc) is 3.23. The van der Waals surface area contributed by atoms with E-state index in [0.717, 1.165) is 57.8 Å². The van der Waals surface area contributed by atoms with Gasteiger partial charge in [-0.2, -0.15) is 0 Å². The zero-order valence-corrected chi connectivity index (χ0v) is 40.1. The molecule has 0 bridgehead atoms. The third-order valence-electron chi connectivity index (χ3n) is 12.1. The van der Waals surface area contributed by atoms with Crippen molar-refractivity contribution >= 4 is 17.9 Å². The van der Waals surface area contributed by atoms with E-state index in [0.29, 0.717) is 19.3 Å². The van der Waals surface area contributed by atoms with E-state index >= 15 is 0 Å². The fourth-order valence-corrected chi connectivity index (χ4v) is 8.09. The van der Waals surface area contributed by atoms with Gasteiger partial charge in [0.15, 0.2) is 6.10 Å². The van der Waals surface area contributed by atoms with Gasteiger partial charge in [0.1, 0.15) is 13.2 Å². The molecule has 0 saturated heterocycles. The van der Waals surface area contributed by atoms with E-state index in [-0.39, 0.29) is 31.1 Å². The van der Waals surface area contributed by atoms with Gasteiger partial charge in [-0.25, -0.2) is 0 Å². The number of hydrogen-bond donors (Lipinski definition) is 0. The normalized spacial score (nSPS) is 11.8. The van der Waals surface area contributed by atoms with Crippen molar-refractivity contribution in [3.63, 3.8) is 0 Å². The molecule has 0 aromatic carbocycles. The molecule has 0 N–H and O–H groups in total. The first-order valence-electron chi connectivity index (χ1n) is 26.5. The highest BCUT2D eigenvalue weighted by Crippen LogP contribution is 2.17. The number of carbonyl (C=O) groups is 3. The first kappa shape index (κ1) is 57.4. The molecule has 1 unspecified atom stereocenters. The van der Waals surface area contributed by atoms with Crippen molar-refractivity contribution in [2.75, 3.05) is 13.2 Å². The van der Waals surface area contributed by atoms with Crippen molar-refractivity contribution in [3.8, 4) is 0 Å². The number of rotatable bonds is 49. The Bertz CT molecular complexity index is 874. The topological polar surface area (TPSA) is 78.9 Å². The van der Waals surface area contributed by atoms with Gasteiger partial charge in [-0.05, 0) is 19.3 Å². The maximum atomic E-state index is 12.7. The third-order valence-corrected chi connectivity index (χ3v) is 12.1. The molecule has 0 fully saturated rings. The Hall–Kier alpha value is -1.59. The van der Waals surface area contributed by atoms with E-state index in [2.05, 4.69) is 20.8 Å². The zero-order valence-electron chi connectivity index (χ0n) is 40.1. The molecule has 0 aromatic heterocycles. The fourth-order valence-electron chi connectivity index (χ4n) is 8.09. The molecule has 0 aliphatic rings. The predicted octanol–water partition coefficient (Wildman–Crippen LogP) is 17.2. The molecule has 0 radical (unpaired) electrons. The van der Waals surface area contributed by atoms with Gasteiger partial charge in [-0.15, -0.1) is 0 Å². The summed E-state index contributed by atoms with van der Waals surface area (Å²) in [4.78, 5) is 37.8. The maximum absolute atomic E-state index is 12.7. The molecular formula is C53H102O6. The van der Waals surface area contributed by atoms with Crippen LogP contribution in [0.3, 0.4) is 0 Å². The van der Waals surface area contributed by atoms with Crippen molar-refractivity contribution in [1.82, 2.24) is 0 Å². The van der Waals surface area contributed by atoms with Gasteiger partial charge in [0, 0.05) is 19.3 Å². The zero-order chi connectivity index (χ0) is 43.0. The fraction of sp³-hybridized carbons (Fsp3) is 0.943. The van der Waals surface area contributed by atoms with Crippen LogP contribution in [0.5, 0.6) is 0 Å². The second kappa shape index (κ2) is 49.1. The van der Waals surface area contributed by atoms with Gasteiger partial charge in [0.05, 0.1) is 0 Å². The van der Waals surface area contributed by atoms with E-state index in [1.54, 1.807) is 0 Å². The van der Waals surface area contributed by atoms with Crippen LogP contribution in [0.1, 0.15) is 303 Å². The van der Waals surface area contributed by atoms with Crippen LogP contribution in [0.2, 0.25) is 0 Å². The quantitative estimate of drug-likeness (QED) is 0.0345. The van der Waals surface area contributed by atoms with Gasteiger partial charge >= 0.3 is 17.9 Å². The number of hydrogen-bond acceptors (Lipinski definition) is 6. The minimum Gasteiger partial charge on any atom is -0.462 e. The van der Waals surface area contributed by atoms with Gasteiger partial charge in [-0.3, -0.25) is 14.4 Å². The molecule has 0 spiro atoms. The monoisotopic (exact) mass is 835 g/mol. The molecule has 0 aromatic rings. The highest BCUT2D eigenvalue weighted by molar-refractivity contribution is 5.71. The molecule has 0 aliphatic carbocycles. The molecule has 0 saturated carbocycles. The minimum absolute atomic E-state index is 0.0620. The number of carbonyl (C=O) groups excluding carboxylic acids is 3. The SMILES string of the molecule is CCCCCCCCCCCCCCCCCCCCCCC(=O)OCC(COC(=O)CCCCCCCCCCC)OC(=O)CCCCCCCCCCCCCC. The molecule has 6 nitrogen and oxygen atoms in total. The number of ether oxygens (including phenoxy) is 3. The molecule has 0 heterocycles. The van der Waals surface area contributed by atoms with Gasteiger partial charge < -0.3 is 14.2 Å². The highest BCUT2D eigenvalue weighted by atomic mass is 16.6. The molecule has 6 heteroatoms. The van der Waals surface area contributed by atoms with Crippen molar-refractivity contribution < 1.29 is 28.6 Å². The predicted molar refractivity (Wildman–Crippen MR) is 252 cm³/mol. The molecule has 0 rings (SSSR count). The van der Waals surface area contributed by atoms with Crippen LogP contribution in [-0.2, 0) is 28.6 Å². The summed E-state index contributed by atoms with van der Waals surface area (Å²) in [5, 5.41) is 0. The Balaban J connectivity index is 4.18. The summed E-state index contributed by atoms with van der Waals surface area (Å²) >= 11 is 0. The number of unbranched alkanes of at least 4 members (excludes halogenated alkanes) is 38. The lowest BCUT2D eigenvalue weighted by Crippen LogP contribution is -2.30. The Morgan fingerprint density at radius 3 is 0.678 bits per heavy atom. The molecule has 350 valence electrons. The average molecular weight is 835 g/mol. The molecular weight excluding hydrogens is 733 g/mol. The largest absolute Gasteiger partial charge is 0.462 e. The smallest absolute Gasteiger partial charge is 0.306 e. The first-order valence-corrected chi connectivity index (χ1v) is 26.5. The van der Waals surface area contributed by atoms with Crippen molar-refractivity contribution in [1.29, 1.82) is 0 Å². The summed E-state index contributed by atoms with van der Waals surface area (Å²) in [6.45, 7) is 6.66. The van der Waals surface area contributed by atoms with Gasteiger partial charge in [0.2, 0.25) is 0 Å². The maximum Gasteiger partial charge on any atom is 0.306 e.